The van der Waals surface area contributed by atoms with Crippen molar-refractivity contribution in [3.8, 4) is 0 Å². The highest BCUT2D eigenvalue weighted by atomic mass is 32.2. The molecule has 1 aromatic heterocycles. The number of benzene rings is 1. The van der Waals surface area contributed by atoms with Gasteiger partial charge < -0.3 is 10.1 Å². The molecule has 2 rings (SSSR count). The van der Waals surface area contributed by atoms with E-state index in [0.29, 0.717) is 5.56 Å². The first-order chi connectivity index (χ1) is 11.0. The minimum atomic E-state index is -0.372. The number of hydrogen-bond acceptors (Lipinski definition) is 5. The molecule has 0 aliphatic heterocycles. The van der Waals surface area contributed by atoms with E-state index in [4.69, 9.17) is 4.74 Å². The van der Waals surface area contributed by atoms with Crippen LogP contribution in [-0.4, -0.2) is 24.2 Å². The minimum Gasteiger partial charge on any atom is -0.468 e. The summed E-state index contributed by atoms with van der Waals surface area (Å²) in [4.78, 5) is 26.0. The van der Waals surface area contributed by atoms with Crippen molar-refractivity contribution >= 4 is 35.0 Å². The van der Waals surface area contributed by atoms with Gasteiger partial charge in [-0.3, -0.25) is 9.59 Å². The Morgan fingerprint density at radius 2 is 1.91 bits per heavy atom. The monoisotopic (exact) mass is 349 g/mol. The summed E-state index contributed by atoms with van der Waals surface area (Å²) in [5, 5.41) is 4.61. The van der Waals surface area contributed by atoms with Crippen LogP contribution >= 0.6 is 23.1 Å². The number of nitrogens with one attached hydrogen (secondary N) is 1. The zero-order valence-electron chi connectivity index (χ0n) is 13.2. The maximum absolute atomic E-state index is 12.6. The molecule has 2 atom stereocenters. The lowest BCUT2D eigenvalue weighted by atomic mass is 10.2. The molecule has 23 heavy (non-hydrogen) atoms. The predicted molar refractivity (Wildman–Crippen MR) is 94.0 cm³/mol. The lowest BCUT2D eigenvalue weighted by Gasteiger charge is -2.15. The van der Waals surface area contributed by atoms with Crippen molar-refractivity contribution in [2.45, 2.75) is 30.0 Å². The van der Waals surface area contributed by atoms with Gasteiger partial charge in [0.05, 0.1) is 18.7 Å². The molecule has 1 amide bonds. The first kappa shape index (κ1) is 17.6. The quantitative estimate of drug-likeness (QED) is 0.635. The number of carbonyl (C=O) groups is 2. The fourth-order valence-electron chi connectivity index (χ4n) is 2.04. The highest BCUT2D eigenvalue weighted by Crippen LogP contribution is 2.28. The van der Waals surface area contributed by atoms with Crippen LogP contribution in [0.4, 0.5) is 0 Å². The van der Waals surface area contributed by atoms with E-state index < -0.39 is 0 Å². The molecule has 0 fully saturated rings. The van der Waals surface area contributed by atoms with E-state index in [0.717, 1.165) is 9.77 Å². The molecular formula is C17H19NO3S2. The Balaban J connectivity index is 2.12. The van der Waals surface area contributed by atoms with Gasteiger partial charge in [-0.05, 0) is 37.4 Å². The third-order valence-corrected chi connectivity index (χ3v) is 5.50. The van der Waals surface area contributed by atoms with Crippen LogP contribution in [0.15, 0.2) is 46.7 Å². The maximum atomic E-state index is 12.6. The highest BCUT2D eigenvalue weighted by Gasteiger charge is 2.20. The Labute approximate surface area is 144 Å². The van der Waals surface area contributed by atoms with Crippen LogP contribution in [0.2, 0.25) is 0 Å². The van der Waals surface area contributed by atoms with Crippen LogP contribution in [0.25, 0.3) is 0 Å². The van der Waals surface area contributed by atoms with E-state index in [-0.39, 0.29) is 23.2 Å². The fourth-order valence-corrected chi connectivity index (χ4v) is 3.80. The largest absolute Gasteiger partial charge is 0.468 e. The third-order valence-electron chi connectivity index (χ3n) is 3.29. The van der Waals surface area contributed by atoms with Gasteiger partial charge in [-0.2, -0.15) is 0 Å². The number of esters is 1. The summed E-state index contributed by atoms with van der Waals surface area (Å²) < 4.78 is 4.74. The van der Waals surface area contributed by atoms with E-state index in [1.54, 1.807) is 24.3 Å². The van der Waals surface area contributed by atoms with Crippen LogP contribution in [0, 0.1) is 0 Å². The minimum absolute atomic E-state index is 0.0569. The average molecular weight is 349 g/mol. The zero-order chi connectivity index (χ0) is 16.8. The number of thioether (sulfide) groups is 1. The Morgan fingerprint density at radius 1 is 1.17 bits per heavy atom. The van der Waals surface area contributed by atoms with Crippen molar-refractivity contribution < 1.29 is 14.3 Å². The average Bonchev–Trinajstić information content (AvgIpc) is 3.09. The van der Waals surface area contributed by atoms with Gasteiger partial charge in [-0.15, -0.1) is 23.1 Å². The van der Waals surface area contributed by atoms with Crippen molar-refractivity contribution in [2.24, 2.45) is 0 Å². The van der Waals surface area contributed by atoms with Crippen molar-refractivity contribution in [1.29, 1.82) is 0 Å². The lowest BCUT2D eigenvalue weighted by Crippen LogP contribution is -2.27. The van der Waals surface area contributed by atoms with Gasteiger partial charge in [0.2, 0.25) is 0 Å². The molecule has 0 saturated heterocycles. The Hall–Kier alpha value is -1.79. The van der Waals surface area contributed by atoms with Gasteiger partial charge >= 0.3 is 5.97 Å². The predicted octanol–water partition coefficient (Wildman–Crippen LogP) is 3.89. The molecular weight excluding hydrogens is 330 g/mol. The molecule has 1 N–H and O–H groups in total. The van der Waals surface area contributed by atoms with Crippen LogP contribution < -0.4 is 5.32 Å². The number of ether oxygens (including phenoxy) is 1. The summed E-state index contributed by atoms with van der Waals surface area (Å²) in [6, 6.07) is 11.2. The van der Waals surface area contributed by atoms with E-state index in [1.807, 2.05) is 42.6 Å². The molecule has 0 saturated carbocycles. The van der Waals surface area contributed by atoms with E-state index in [1.165, 1.54) is 18.9 Å². The first-order valence-corrected chi connectivity index (χ1v) is 8.96. The summed E-state index contributed by atoms with van der Waals surface area (Å²) in [6.07, 6.45) is 0. The van der Waals surface area contributed by atoms with Crippen molar-refractivity contribution in [1.82, 2.24) is 5.32 Å². The molecule has 0 aliphatic rings. The Morgan fingerprint density at radius 3 is 2.57 bits per heavy atom. The fraction of sp³-hybridized carbons (Fsp3) is 0.294. The Kier molecular flexibility index (Phi) is 6.24. The summed E-state index contributed by atoms with van der Waals surface area (Å²) in [5.74, 6) is -0.455. The van der Waals surface area contributed by atoms with E-state index >= 15 is 0 Å². The molecule has 1 heterocycles. The van der Waals surface area contributed by atoms with Crippen molar-refractivity contribution in [3.05, 3.63) is 52.2 Å². The molecule has 0 spiro atoms. The normalized spacial score (nSPS) is 13.2. The van der Waals surface area contributed by atoms with Crippen LogP contribution in [0.1, 0.15) is 35.1 Å². The summed E-state index contributed by atoms with van der Waals surface area (Å²) in [5.41, 5.74) is 0.566. The van der Waals surface area contributed by atoms with Gasteiger partial charge in [0.25, 0.3) is 5.91 Å². The summed E-state index contributed by atoms with van der Waals surface area (Å²) in [7, 11) is 1.36. The molecule has 122 valence electrons. The molecule has 1 aromatic carbocycles. The number of hydrogen-bond donors (Lipinski definition) is 1. The Bertz CT molecular complexity index is 670. The van der Waals surface area contributed by atoms with Crippen LogP contribution in [0.5, 0.6) is 0 Å². The van der Waals surface area contributed by atoms with Gasteiger partial charge in [0.1, 0.15) is 5.25 Å². The standard InChI is InChI=1S/C17H19NO3S2/c1-11(14-9-6-10-22-14)18-16(19)13-7-4-5-8-15(13)23-12(2)17(20)21-3/h4-12H,1-3H3,(H,18,19). The van der Waals surface area contributed by atoms with E-state index in [9.17, 15) is 9.59 Å². The second kappa shape index (κ2) is 8.17. The number of methoxy groups -OCH3 is 1. The van der Waals surface area contributed by atoms with Crippen LogP contribution in [-0.2, 0) is 9.53 Å². The third kappa shape index (κ3) is 4.59. The van der Waals surface area contributed by atoms with Gasteiger partial charge in [0.15, 0.2) is 0 Å². The molecule has 4 nitrogen and oxygen atoms in total. The zero-order valence-corrected chi connectivity index (χ0v) is 14.9. The van der Waals surface area contributed by atoms with Crippen LogP contribution in [0.3, 0.4) is 0 Å². The number of amides is 1. The summed E-state index contributed by atoms with van der Waals surface area (Å²) >= 11 is 2.93. The summed E-state index contributed by atoms with van der Waals surface area (Å²) in [6.45, 7) is 3.72. The van der Waals surface area contributed by atoms with E-state index in [2.05, 4.69) is 5.32 Å². The van der Waals surface area contributed by atoms with Gasteiger partial charge in [-0.25, -0.2) is 0 Å². The maximum Gasteiger partial charge on any atom is 0.318 e. The number of thiophene rings is 1. The molecule has 0 radical (unpaired) electrons. The second-order valence-electron chi connectivity index (χ2n) is 4.99. The second-order valence-corrected chi connectivity index (χ2v) is 7.35. The molecule has 2 unspecified atom stereocenters. The van der Waals surface area contributed by atoms with Crippen molar-refractivity contribution in [3.63, 3.8) is 0 Å². The van der Waals surface area contributed by atoms with Gasteiger partial charge in [-0.1, -0.05) is 18.2 Å². The van der Waals surface area contributed by atoms with Gasteiger partial charge in [0, 0.05) is 9.77 Å². The molecule has 2 aromatic rings. The SMILES string of the molecule is COC(=O)C(C)Sc1ccccc1C(=O)NC(C)c1cccs1. The highest BCUT2D eigenvalue weighted by molar-refractivity contribution is 8.00. The number of rotatable bonds is 6. The molecule has 0 aliphatic carbocycles. The topological polar surface area (TPSA) is 55.4 Å². The number of carbonyl (C=O) groups excluding carboxylic acids is 2. The smallest absolute Gasteiger partial charge is 0.318 e. The van der Waals surface area contributed by atoms with Crippen molar-refractivity contribution in [2.75, 3.05) is 7.11 Å². The molecule has 6 heteroatoms. The first-order valence-electron chi connectivity index (χ1n) is 7.20. The molecule has 0 bridgehead atoms. The lowest BCUT2D eigenvalue weighted by molar-refractivity contribution is -0.139.